The number of hydrogen-bond donors (Lipinski definition) is 3. The van der Waals surface area contributed by atoms with Gasteiger partial charge in [0.25, 0.3) is 0 Å². The molecular formula is C15H16BClN2O2. The van der Waals surface area contributed by atoms with E-state index in [-0.39, 0.29) is 24.3 Å². The molecule has 1 unspecified atom stereocenters. The Morgan fingerprint density at radius 1 is 1.24 bits per heavy atom. The van der Waals surface area contributed by atoms with E-state index in [9.17, 15) is 5.02 Å². The Bertz CT molecular complexity index is 666. The van der Waals surface area contributed by atoms with Gasteiger partial charge in [-0.3, -0.25) is 5.41 Å². The Labute approximate surface area is 130 Å². The molecule has 1 aliphatic rings. The fourth-order valence-electron chi connectivity index (χ4n) is 2.54. The minimum Gasteiger partial charge on any atom is -0.423 e. The summed E-state index contributed by atoms with van der Waals surface area (Å²) < 4.78 is 5.68. The van der Waals surface area contributed by atoms with Gasteiger partial charge in [0, 0.05) is 12.0 Å². The lowest BCUT2D eigenvalue weighted by atomic mass is 9.71. The summed E-state index contributed by atoms with van der Waals surface area (Å²) in [7, 11) is -0.911. The van der Waals surface area contributed by atoms with Crippen LogP contribution in [0.1, 0.15) is 22.8 Å². The fourth-order valence-corrected chi connectivity index (χ4v) is 2.54. The van der Waals surface area contributed by atoms with Crippen molar-refractivity contribution in [3.05, 3.63) is 65.2 Å². The van der Waals surface area contributed by atoms with Gasteiger partial charge < -0.3 is 15.4 Å². The smallest absolute Gasteiger partial charge is 0.423 e. The van der Waals surface area contributed by atoms with Gasteiger partial charge in [0.2, 0.25) is 0 Å². The highest BCUT2D eigenvalue weighted by atomic mass is 35.5. The number of hydrogen-bond acceptors (Lipinski definition) is 3. The van der Waals surface area contributed by atoms with Crippen molar-refractivity contribution in [2.24, 2.45) is 5.73 Å². The predicted molar refractivity (Wildman–Crippen MR) is 86.3 cm³/mol. The first-order chi connectivity index (χ1) is 9.65. The van der Waals surface area contributed by atoms with Crippen molar-refractivity contribution in [3.63, 3.8) is 0 Å². The van der Waals surface area contributed by atoms with Crippen LogP contribution in [-0.2, 0) is 11.1 Å². The topological polar surface area (TPSA) is 79.3 Å². The molecule has 21 heavy (non-hydrogen) atoms. The van der Waals surface area contributed by atoms with Crippen LogP contribution >= 0.6 is 12.4 Å². The summed E-state index contributed by atoms with van der Waals surface area (Å²) in [5.74, 6) is 0.0311. The number of nitrogens with one attached hydrogen (secondary N) is 1. The number of fused-ring (bicyclic) bond motifs is 1. The lowest BCUT2D eigenvalue weighted by Gasteiger charge is -2.28. The third kappa shape index (κ3) is 3.10. The molecule has 6 heteroatoms. The number of halogens is 1. The lowest BCUT2D eigenvalue weighted by Crippen LogP contribution is -2.42. The van der Waals surface area contributed by atoms with E-state index < -0.39 is 7.12 Å². The Kier molecular flexibility index (Phi) is 4.68. The molecule has 0 aromatic heterocycles. The number of rotatable bonds is 2. The molecule has 0 spiro atoms. The molecule has 0 radical (unpaired) electrons. The molecular weight excluding hydrogens is 286 g/mol. The summed E-state index contributed by atoms with van der Waals surface area (Å²) in [5.41, 5.74) is 9.01. The van der Waals surface area contributed by atoms with Crippen LogP contribution in [0.4, 0.5) is 0 Å². The van der Waals surface area contributed by atoms with Gasteiger partial charge in [0.1, 0.15) is 5.84 Å². The molecule has 108 valence electrons. The Hall–Kier alpha value is -1.82. The van der Waals surface area contributed by atoms with Crippen LogP contribution in [0.5, 0.6) is 0 Å². The summed E-state index contributed by atoms with van der Waals surface area (Å²) >= 11 is 0. The standard InChI is InChI=1S/C15H15BN2O2.ClH/c17-15(18)12-6-3-5-11(8-12)14-9-10-4-1-2-7-13(10)16(19)20-14;/h1-8,14,19H,9H2,(H3,17,18);1H. The van der Waals surface area contributed by atoms with Crippen LogP contribution in [-0.4, -0.2) is 18.0 Å². The van der Waals surface area contributed by atoms with E-state index in [1.54, 1.807) is 6.07 Å². The Balaban J connectivity index is 0.00000161. The van der Waals surface area contributed by atoms with E-state index in [0.717, 1.165) is 16.6 Å². The van der Waals surface area contributed by atoms with Crippen LogP contribution in [0.3, 0.4) is 0 Å². The third-order valence-electron chi connectivity index (χ3n) is 3.59. The molecule has 0 saturated carbocycles. The van der Waals surface area contributed by atoms with Gasteiger partial charge in [-0.15, -0.1) is 12.4 Å². The van der Waals surface area contributed by atoms with Crippen molar-refractivity contribution in [1.82, 2.24) is 0 Å². The van der Waals surface area contributed by atoms with Crippen LogP contribution in [0, 0.1) is 5.41 Å². The molecule has 2 aromatic rings. The van der Waals surface area contributed by atoms with E-state index >= 15 is 0 Å². The van der Waals surface area contributed by atoms with Gasteiger partial charge in [0.05, 0.1) is 6.10 Å². The predicted octanol–water partition coefficient (Wildman–Crippen LogP) is 1.39. The minimum atomic E-state index is -0.911. The van der Waals surface area contributed by atoms with E-state index in [2.05, 4.69) is 0 Å². The zero-order valence-corrected chi connectivity index (χ0v) is 12.1. The summed E-state index contributed by atoms with van der Waals surface area (Å²) in [6, 6.07) is 15.1. The monoisotopic (exact) mass is 302 g/mol. The maximum absolute atomic E-state index is 10.1. The minimum absolute atomic E-state index is 0. The van der Waals surface area contributed by atoms with Gasteiger partial charge in [-0.05, 0) is 22.7 Å². The van der Waals surface area contributed by atoms with Crippen molar-refractivity contribution >= 4 is 30.8 Å². The normalized spacial score (nSPS) is 16.8. The van der Waals surface area contributed by atoms with E-state index in [0.29, 0.717) is 12.0 Å². The quantitative estimate of drug-likeness (QED) is 0.446. The molecule has 0 aliphatic carbocycles. The first-order valence-corrected chi connectivity index (χ1v) is 6.51. The zero-order valence-electron chi connectivity index (χ0n) is 11.3. The van der Waals surface area contributed by atoms with Crippen molar-refractivity contribution < 1.29 is 9.68 Å². The molecule has 0 bridgehead atoms. The molecule has 0 saturated heterocycles. The third-order valence-corrected chi connectivity index (χ3v) is 3.59. The maximum atomic E-state index is 10.1. The first kappa shape index (κ1) is 15.6. The zero-order chi connectivity index (χ0) is 14.1. The summed E-state index contributed by atoms with van der Waals surface area (Å²) in [6.45, 7) is 0. The highest BCUT2D eigenvalue weighted by molar-refractivity contribution is 6.60. The molecule has 2 aromatic carbocycles. The van der Waals surface area contributed by atoms with Crippen molar-refractivity contribution in [2.45, 2.75) is 12.5 Å². The van der Waals surface area contributed by atoms with Crippen molar-refractivity contribution in [1.29, 1.82) is 5.41 Å². The molecule has 3 rings (SSSR count). The van der Waals surface area contributed by atoms with Crippen LogP contribution in [0.25, 0.3) is 0 Å². The van der Waals surface area contributed by atoms with Gasteiger partial charge in [0.15, 0.2) is 0 Å². The second kappa shape index (κ2) is 6.31. The molecule has 1 aliphatic heterocycles. The molecule has 4 nitrogen and oxygen atoms in total. The first-order valence-electron chi connectivity index (χ1n) is 6.51. The van der Waals surface area contributed by atoms with E-state index in [4.69, 9.17) is 15.8 Å². The molecule has 1 atom stereocenters. The Morgan fingerprint density at radius 3 is 2.76 bits per heavy atom. The largest absolute Gasteiger partial charge is 0.491 e. The Morgan fingerprint density at radius 2 is 2.00 bits per heavy atom. The lowest BCUT2D eigenvalue weighted by molar-refractivity contribution is 0.168. The number of amidine groups is 1. The van der Waals surface area contributed by atoms with E-state index in [1.165, 1.54) is 0 Å². The van der Waals surface area contributed by atoms with E-state index in [1.807, 2.05) is 42.5 Å². The summed E-state index contributed by atoms with van der Waals surface area (Å²) in [6.07, 6.45) is 0.480. The SMILES string of the molecule is Cl.N=C(N)c1cccc(C2Cc3ccccc3B(O)O2)c1. The summed E-state index contributed by atoms with van der Waals surface area (Å²) in [4.78, 5) is 0. The van der Waals surface area contributed by atoms with Gasteiger partial charge in [-0.25, -0.2) is 0 Å². The van der Waals surface area contributed by atoms with Gasteiger partial charge in [-0.1, -0.05) is 42.5 Å². The maximum Gasteiger partial charge on any atom is 0.491 e. The van der Waals surface area contributed by atoms with Gasteiger partial charge in [-0.2, -0.15) is 0 Å². The summed E-state index contributed by atoms with van der Waals surface area (Å²) in [5, 5.41) is 17.6. The molecule has 0 fully saturated rings. The number of nitrogens with two attached hydrogens (primary N) is 1. The highest BCUT2D eigenvalue weighted by Crippen LogP contribution is 2.26. The van der Waals surface area contributed by atoms with Crippen LogP contribution < -0.4 is 11.2 Å². The van der Waals surface area contributed by atoms with Gasteiger partial charge >= 0.3 is 7.12 Å². The highest BCUT2D eigenvalue weighted by Gasteiger charge is 2.31. The van der Waals surface area contributed by atoms with Crippen LogP contribution in [0.2, 0.25) is 0 Å². The molecule has 4 N–H and O–H groups in total. The average molecular weight is 303 g/mol. The molecule has 0 amide bonds. The second-order valence-electron chi connectivity index (χ2n) is 4.92. The number of nitrogen functional groups attached to an aromatic ring is 1. The number of benzene rings is 2. The fraction of sp³-hybridized carbons (Fsp3) is 0.133. The van der Waals surface area contributed by atoms with Crippen molar-refractivity contribution in [2.75, 3.05) is 0 Å². The average Bonchev–Trinajstić information content (AvgIpc) is 2.47. The van der Waals surface area contributed by atoms with Crippen molar-refractivity contribution in [3.8, 4) is 0 Å². The molecule has 1 heterocycles. The second-order valence-corrected chi connectivity index (χ2v) is 4.92. The van der Waals surface area contributed by atoms with Crippen LogP contribution in [0.15, 0.2) is 48.5 Å².